The van der Waals surface area contributed by atoms with Gasteiger partial charge < -0.3 is 5.11 Å². The van der Waals surface area contributed by atoms with Crippen LogP contribution in [0.5, 0.6) is 0 Å². The van der Waals surface area contributed by atoms with Crippen LogP contribution in [0, 0.1) is 0 Å². The molecule has 8 heteroatoms. The van der Waals surface area contributed by atoms with Crippen molar-refractivity contribution in [3.63, 3.8) is 0 Å². The minimum absolute atomic E-state index is 0.0281. The number of rotatable bonds is 3. The van der Waals surface area contributed by atoms with E-state index in [9.17, 15) is 13.5 Å². The van der Waals surface area contributed by atoms with E-state index in [0.29, 0.717) is 17.3 Å². The van der Waals surface area contributed by atoms with Crippen LogP contribution >= 0.6 is 34.5 Å². The quantitative estimate of drug-likeness (QED) is 0.917. The monoisotopic (exact) mass is 343 g/mol. The Labute approximate surface area is 127 Å². The molecule has 1 aromatic heterocycles. The topological polar surface area (TPSA) is 57.6 Å². The van der Waals surface area contributed by atoms with Crippen LogP contribution in [0.4, 0.5) is 0 Å². The minimum atomic E-state index is -3.71. The fraction of sp³-hybridized carbons (Fsp3) is 0.636. The molecule has 0 spiro atoms. The SMILES string of the molecule is CC(C)(O)C1CCCN1S(=O)(=O)c1cc(Cl)sc1Cl. The van der Waals surface area contributed by atoms with E-state index in [1.807, 2.05) is 0 Å². The molecule has 108 valence electrons. The van der Waals surface area contributed by atoms with E-state index < -0.39 is 21.7 Å². The first-order valence-electron chi connectivity index (χ1n) is 5.83. The van der Waals surface area contributed by atoms with Crippen LogP contribution in [0.3, 0.4) is 0 Å². The zero-order chi connectivity index (χ0) is 14.4. The van der Waals surface area contributed by atoms with Gasteiger partial charge in [-0.1, -0.05) is 23.2 Å². The molecule has 19 heavy (non-hydrogen) atoms. The summed E-state index contributed by atoms with van der Waals surface area (Å²) in [5.74, 6) is 0. The maximum absolute atomic E-state index is 12.6. The molecule has 1 N–H and O–H groups in total. The van der Waals surface area contributed by atoms with E-state index in [-0.39, 0.29) is 9.23 Å². The Hall–Kier alpha value is 0.150. The molecule has 1 aliphatic heterocycles. The molecular formula is C11H15Cl2NO3S2. The lowest BCUT2D eigenvalue weighted by Crippen LogP contribution is -2.48. The predicted molar refractivity (Wildman–Crippen MR) is 77.6 cm³/mol. The summed E-state index contributed by atoms with van der Waals surface area (Å²) in [6.07, 6.45) is 1.36. The van der Waals surface area contributed by atoms with Crippen LogP contribution in [0.1, 0.15) is 26.7 Å². The van der Waals surface area contributed by atoms with Crippen LogP contribution in [0.25, 0.3) is 0 Å². The molecule has 1 aromatic rings. The zero-order valence-corrected chi connectivity index (χ0v) is 13.7. The smallest absolute Gasteiger partial charge is 0.245 e. The lowest BCUT2D eigenvalue weighted by molar-refractivity contribution is 0.0215. The standard InChI is InChI=1S/C11H15Cl2NO3S2/c1-11(2,15)8-4-3-5-14(8)19(16,17)7-6-9(12)18-10(7)13/h6,8,15H,3-5H2,1-2H3. The van der Waals surface area contributed by atoms with Crippen LogP contribution in [0.15, 0.2) is 11.0 Å². The van der Waals surface area contributed by atoms with Gasteiger partial charge in [0.2, 0.25) is 10.0 Å². The maximum Gasteiger partial charge on any atom is 0.245 e. The van der Waals surface area contributed by atoms with Gasteiger partial charge in [0.15, 0.2) is 0 Å². The molecule has 2 heterocycles. The molecule has 0 amide bonds. The Morgan fingerprint density at radius 3 is 2.58 bits per heavy atom. The lowest BCUT2D eigenvalue weighted by atomic mass is 9.98. The average molecular weight is 344 g/mol. The van der Waals surface area contributed by atoms with E-state index in [2.05, 4.69) is 0 Å². The Morgan fingerprint density at radius 2 is 2.11 bits per heavy atom. The summed E-state index contributed by atoms with van der Waals surface area (Å²) in [7, 11) is -3.71. The molecule has 0 bridgehead atoms. The molecule has 1 unspecified atom stereocenters. The van der Waals surface area contributed by atoms with Gasteiger partial charge in [-0.25, -0.2) is 8.42 Å². The van der Waals surface area contributed by atoms with Crippen molar-refractivity contribution in [1.82, 2.24) is 4.31 Å². The van der Waals surface area contributed by atoms with E-state index in [1.54, 1.807) is 13.8 Å². The molecule has 1 saturated heterocycles. The Kier molecular flexibility index (Phi) is 4.22. The van der Waals surface area contributed by atoms with Gasteiger partial charge >= 0.3 is 0 Å². The first-order valence-corrected chi connectivity index (χ1v) is 8.84. The normalized spacial score (nSPS) is 22.1. The summed E-state index contributed by atoms with van der Waals surface area (Å²) in [6.45, 7) is 3.63. The van der Waals surface area contributed by atoms with Crippen molar-refractivity contribution in [3.8, 4) is 0 Å². The van der Waals surface area contributed by atoms with E-state index in [0.717, 1.165) is 17.8 Å². The minimum Gasteiger partial charge on any atom is -0.389 e. The maximum atomic E-state index is 12.6. The van der Waals surface area contributed by atoms with Crippen molar-refractivity contribution in [2.24, 2.45) is 0 Å². The number of aliphatic hydroxyl groups is 1. The van der Waals surface area contributed by atoms with Crippen LogP contribution in [-0.2, 0) is 10.0 Å². The molecule has 0 aliphatic carbocycles. The molecular weight excluding hydrogens is 329 g/mol. The van der Waals surface area contributed by atoms with Gasteiger partial charge in [-0.3, -0.25) is 0 Å². The molecule has 0 saturated carbocycles. The lowest BCUT2D eigenvalue weighted by Gasteiger charge is -2.32. The molecule has 1 fully saturated rings. The van der Waals surface area contributed by atoms with Crippen molar-refractivity contribution >= 4 is 44.6 Å². The highest BCUT2D eigenvalue weighted by Crippen LogP contribution is 2.39. The van der Waals surface area contributed by atoms with Crippen molar-refractivity contribution in [2.75, 3.05) is 6.54 Å². The molecule has 0 radical (unpaired) electrons. The van der Waals surface area contributed by atoms with Gasteiger partial charge in [0, 0.05) is 6.54 Å². The largest absolute Gasteiger partial charge is 0.389 e. The summed E-state index contributed by atoms with van der Waals surface area (Å²) in [6, 6.07) is 0.927. The van der Waals surface area contributed by atoms with E-state index in [4.69, 9.17) is 23.2 Å². The second-order valence-electron chi connectivity index (χ2n) is 5.12. The summed E-state index contributed by atoms with van der Waals surface area (Å²) >= 11 is 12.8. The Balaban J connectivity index is 2.42. The second-order valence-corrected chi connectivity index (χ2v) is 9.26. The number of hydrogen-bond acceptors (Lipinski definition) is 4. The van der Waals surface area contributed by atoms with E-state index in [1.165, 1.54) is 10.4 Å². The van der Waals surface area contributed by atoms with Crippen molar-refractivity contribution < 1.29 is 13.5 Å². The van der Waals surface area contributed by atoms with Crippen LogP contribution in [0.2, 0.25) is 8.67 Å². The third-order valence-corrected chi connectivity index (χ3v) is 6.89. The fourth-order valence-corrected chi connectivity index (χ4v) is 6.29. The summed E-state index contributed by atoms with van der Waals surface area (Å²) < 4.78 is 27.0. The van der Waals surface area contributed by atoms with Crippen LogP contribution < -0.4 is 0 Å². The predicted octanol–water partition coefficient (Wildman–Crippen LogP) is 2.98. The number of thiophene rings is 1. The highest BCUT2D eigenvalue weighted by Gasteiger charge is 2.43. The molecule has 1 atom stereocenters. The molecule has 4 nitrogen and oxygen atoms in total. The van der Waals surface area contributed by atoms with Gasteiger partial charge in [0.25, 0.3) is 0 Å². The van der Waals surface area contributed by atoms with Gasteiger partial charge in [-0.15, -0.1) is 11.3 Å². The summed E-state index contributed by atoms with van der Waals surface area (Å²) in [5.41, 5.74) is -1.09. The Morgan fingerprint density at radius 1 is 1.47 bits per heavy atom. The first kappa shape index (κ1) is 15.5. The number of sulfonamides is 1. The van der Waals surface area contributed by atoms with Gasteiger partial charge in [0.05, 0.1) is 16.0 Å². The van der Waals surface area contributed by atoms with E-state index >= 15 is 0 Å². The van der Waals surface area contributed by atoms with Gasteiger partial charge in [-0.2, -0.15) is 4.31 Å². The molecule has 0 aromatic carbocycles. The first-order chi connectivity index (χ1) is 8.64. The van der Waals surface area contributed by atoms with Crippen molar-refractivity contribution in [1.29, 1.82) is 0 Å². The van der Waals surface area contributed by atoms with Gasteiger partial charge in [0.1, 0.15) is 9.23 Å². The fourth-order valence-electron chi connectivity index (χ4n) is 2.36. The number of hydrogen-bond donors (Lipinski definition) is 1. The third-order valence-electron chi connectivity index (χ3n) is 3.23. The number of nitrogens with zero attached hydrogens (tertiary/aromatic N) is 1. The third kappa shape index (κ3) is 2.94. The highest BCUT2D eigenvalue weighted by molar-refractivity contribution is 7.89. The summed E-state index contributed by atoms with van der Waals surface area (Å²) in [4.78, 5) is 0.0281. The zero-order valence-electron chi connectivity index (χ0n) is 10.6. The molecule has 1 aliphatic rings. The second kappa shape index (κ2) is 5.16. The summed E-state index contributed by atoms with van der Waals surface area (Å²) in [5, 5.41) is 10.1. The molecule has 2 rings (SSSR count). The van der Waals surface area contributed by atoms with Crippen molar-refractivity contribution in [3.05, 3.63) is 14.7 Å². The average Bonchev–Trinajstić information content (AvgIpc) is 2.83. The van der Waals surface area contributed by atoms with Crippen molar-refractivity contribution in [2.45, 2.75) is 43.2 Å². The van der Waals surface area contributed by atoms with Gasteiger partial charge in [-0.05, 0) is 32.8 Å². The number of halogens is 2. The van der Waals surface area contributed by atoms with Crippen LogP contribution in [-0.4, -0.2) is 36.0 Å². The Bertz CT molecular complexity index is 577. The highest BCUT2D eigenvalue weighted by atomic mass is 35.5.